The van der Waals surface area contributed by atoms with Crippen molar-refractivity contribution in [1.29, 1.82) is 0 Å². The van der Waals surface area contributed by atoms with Gasteiger partial charge in [0.2, 0.25) is 0 Å². The summed E-state index contributed by atoms with van der Waals surface area (Å²) in [7, 11) is 1.30. The van der Waals surface area contributed by atoms with E-state index in [1.54, 1.807) is 18.2 Å². The summed E-state index contributed by atoms with van der Waals surface area (Å²) in [5.41, 5.74) is 1.18. The summed E-state index contributed by atoms with van der Waals surface area (Å²) in [6, 6.07) is 4.92. The fourth-order valence-electron chi connectivity index (χ4n) is 1.57. The molecule has 0 atom stereocenters. The standard InChI is InChI=1S/C11H8Br2N4O4/c1-21-9(18)6-2-3-7(8(12)4-6)5-16-10(13)14-11(15-16)17(19)20/h2-4H,5H2,1H3. The lowest BCUT2D eigenvalue weighted by Crippen LogP contribution is -2.06. The van der Waals surface area contributed by atoms with E-state index in [-0.39, 0.29) is 11.3 Å². The van der Waals surface area contributed by atoms with E-state index < -0.39 is 16.8 Å². The number of ether oxygens (including phenoxy) is 1. The SMILES string of the molecule is COC(=O)c1ccc(Cn2nc([N+](=O)[O-])nc2Br)c(Br)c1. The minimum absolute atomic E-state index is 0.248. The molecule has 0 N–H and O–H groups in total. The van der Waals surface area contributed by atoms with Gasteiger partial charge in [0.05, 0.1) is 19.2 Å². The lowest BCUT2D eigenvalue weighted by molar-refractivity contribution is -0.394. The third-order valence-corrected chi connectivity index (χ3v) is 3.90. The normalized spacial score (nSPS) is 10.4. The molecule has 0 saturated heterocycles. The highest BCUT2D eigenvalue weighted by Gasteiger charge is 2.20. The maximum Gasteiger partial charge on any atom is 0.492 e. The number of carbonyl (C=O) groups is 1. The van der Waals surface area contributed by atoms with Gasteiger partial charge >= 0.3 is 11.9 Å². The van der Waals surface area contributed by atoms with E-state index >= 15 is 0 Å². The number of esters is 1. The van der Waals surface area contributed by atoms with Gasteiger partial charge in [-0.25, -0.2) is 4.79 Å². The molecule has 0 aliphatic heterocycles. The first-order chi connectivity index (χ1) is 9.92. The third kappa shape index (κ3) is 3.45. The van der Waals surface area contributed by atoms with E-state index in [9.17, 15) is 14.9 Å². The fraction of sp³-hybridized carbons (Fsp3) is 0.182. The Kier molecular flexibility index (Phi) is 4.68. The zero-order valence-electron chi connectivity index (χ0n) is 10.6. The molecule has 2 aromatic rings. The van der Waals surface area contributed by atoms with Crippen LogP contribution in [-0.4, -0.2) is 32.8 Å². The van der Waals surface area contributed by atoms with Crippen molar-refractivity contribution in [2.75, 3.05) is 7.11 Å². The molecule has 1 heterocycles. The molecule has 0 saturated carbocycles. The second kappa shape index (κ2) is 6.31. The highest BCUT2D eigenvalue weighted by atomic mass is 79.9. The molecule has 0 unspecified atom stereocenters. The smallest absolute Gasteiger partial charge is 0.465 e. The van der Waals surface area contributed by atoms with Crippen molar-refractivity contribution < 1.29 is 14.5 Å². The third-order valence-electron chi connectivity index (χ3n) is 2.57. The Morgan fingerprint density at radius 1 is 1.48 bits per heavy atom. The average molecular weight is 420 g/mol. The molecule has 0 spiro atoms. The zero-order valence-corrected chi connectivity index (χ0v) is 13.8. The molecule has 1 aromatic heterocycles. The summed E-state index contributed by atoms with van der Waals surface area (Å²) in [5, 5.41) is 14.4. The number of nitrogens with zero attached hydrogens (tertiary/aromatic N) is 4. The van der Waals surface area contributed by atoms with Gasteiger partial charge in [0.15, 0.2) is 0 Å². The first-order valence-electron chi connectivity index (χ1n) is 5.54. The van der Waals surface area contributed by atoms with Gasteiger partial charge in [-0.15, -0.1) is 0 Å². The predicted octanol–water partition coefficient (Wildman–Crippen LogP) is 2.55. The molecule has 1 aromatic carbocycles. The van der Waals surface area contributed by atoms with Crippen LogP contribution < -0.4 is 0 Å². The summed E-state index contributed by atoms with van der Waals surface area (Å²) >= 11 is 6.46. The van der Waals surface area contributed by atoms with Crippen LogP contribution in [0.1, 0.15) is 15.9 Å². The Hall–Kier alpha value is -1.81. The number of hydrogen-bond acceptors (Lipinski definition) is 6. The van der Waals surface area contributed by atoms with E-state index in [4.69, 9.17) is 0 Å². The number of aromatic nitrogens is 3. The van der Waals surface area contributed by atoms with Gasteiger partial charge in [0.1, 0.15) is 0 Å². The Labute approximate surface area is 135 Å². The van der Waals surface area contributed by atoms with Crippen LogP contribution in [0.2, 0.25) is 0 Å². The van der Waals surface area contributed by atoms with Crippen molar-refractivity contribution in [3.8, 4) is 0 Å². The zero-order chi connectivity index (χ0) is 15.6. The van der Waals surface area contributed by atoms with E-state index in [0.29, 0.717) is 10.0 Å². The number of halogens is 2. The monoisotopic (exact) mass is 418 g/mol. The molecule has 21 heavy (non-hydrogen) atoms. The number of rotatable bonds is 4. The van der Waals surface area contributed by atoms with Crippen molar-refractivity contribution in [2.45, 2.75) is 6.54 Å². The lowest BCUT2D eigenvalue weighted by atomic mass is 10.1. The molecular formula is C11H8Br2N4O4. The Morgan fingerprint density at radius 3 is 2.71 bits per heavy atom. The first kappa shape index (κ1) is 15.6. The molecule has 110 valence electrons. The molecule has 0 aliphatic carbocycles. The van der Waals surface area contributed by atoms with Crippen LogP contribution in [0.4, 0.5) is 5.95 Å². The molecule has 0 aliphatic rings. The number of methoxy groups -OCH3 is 1. The van der Waals surface area contributed by atoms with Crippen LogP contribution in [0.25, 0.3) is 0 Å². The number of benzene rings is 1. The molecule has 8 nitrogen and oxygen atoms in total. The molecule has 2 rings (SSSR count). The average Bonchev–Trinajstić information content (AvgIpc) is 2.81. The van der Waals surface area contributed by atoms with E-state index in [0.717, 1.165) is 5.56 Å². The highest BCUT2D eigenvalue weighted by Crippen LogP contribution is 2.22. The second-order valence-electron chi connectivity index (χ2n) is 3.89. The van der Waals surface area contributed by atoms with Crippen molar-refractivity contribution in [2.24, 2.45) is 0 Å². The van der Waals surface area contributed by atoms with Gasteiger partial charge in [0, 0.05) is 25.5 Å². The van der Waals surface area contributed by atoms with Gasteiger partial charge in [-0.3, -0.25) is 0 Å². The van der Waals surface area contributed by atoms with Gasteiger partial charge < -0.3 is 14.9 Å². The number of nitro groups is 1. The molecule has 0 radical (unpaired) electrons. The van der Waals surface area contributed by atoms with Crippen LogP contribution >= 0.6 is 31.9 Å². The molecule has 0 bridgehead atoms. The van der Waals surface area contributed by atoms with Crippen molar-refractivity contribution in [3.63, 3.8) is 0 Å². The van der Waals surface area contributed by atoms with Crippen molar-refractivity contribution >= 4 is 43.8 Å². The Morgan fingerprint density at radius 2 is 2.19 bits per heavy atom. The van der Waals surface area contributed by atoms with Crippen LogP contribution in [0.5, 0.6) is 0 Å². The molecule has 10 heteroatoms. The molecule has 0 fully saturated rings. The van der Waals surface area contributed by atoms with Gasteiger partial charge in [-0.1, -0.05) is 22.0 Å². The van der Waals surface area contributed by atoms with Gasteiger partial charge in [0.25, 0.3) is 4.73 Å². The molecular weight excluding hydrogens is 412 g/mol. The quantitative estimate of drug-likeness (QED) is 0.428. The van der Waals surface area contributed by atoms with Crippen LogP contribution in [-0.2, 0) is 11.3 Å². The van der Waals surface area contributed by atoms with E-state index in [1.807, 2.05) is 0 Å². The fourth-order valence-corrected chi connectivity index (χ4v) is 2.44. The summed E-state index contributed by atoms with van der Waals surface area (Å²) < 4.78 is 6.88. The summed E-state index contributed by atoms with van der Waals surface area (Å²) in [6.07, 6.45) is 0. The van der Waals surface area contributed by atoms with E-state index in [2.05, 4.69) is 46.7 Å². The topological polar surface area (TPSA) is 100 Å². The van der Waals surface area contributed by atoms with Crippen molar-refractivity contribution in [3.05, 3.63) is 48.6 Å². The summed E-state index contributed by atoms with van der Waals surface area (Å²) in [6.45, 7) is 0.253. The highest BCUT2D eigenvalue weighted by molar-refractivity contribution is 9.10. The largest absolute Gasteiger partial charge is 0.492 e. The predicted molar refractivity (Wildman–Crippen MR) is 79.0 cm³/mol. The summed E-state index contributed by atoms with van der Waals surface area (Å²) in [5.74, 6) is -0.927. The maximum atomic E-state index is 11.4. The minimum atomic E-state index is -0.670. The minimum Gasteiger partial charge on any atom is -0.465 e. The molecule has 0 amide bonds. The first-order valence-corrected chi connectivity index (χ1v) is 7.12. The summed E-state index contributed by atoms with van der Waals surface area (Å²) in [4.78, 5) is 25.0. The maximum absolute atomic E-state index is 11.4. The number of carbonyl (C=O) groups excluding carboxylic acids is 1. The van der Waals surface area contributed by atoms with Crippen LogP contribution in [0.3, 0.4) is 0 Å². The lowest BCUT2D eigenvalue weighted by Gasteiger charge is -2.05. The van der Waals surface area contributed by atoms with Gasteiger partial charge in [-0.2, -0.15) is 4.68 Å². The Bertz CT molecular complexity index is 716. The number of hydrogen-bond donors (Lipinski definition) is 0. The van der Waals surface area contributed by atoms with Crippen LogP contribution in [0, 0.1) is 10.1 Å². The van der Waals surface area contributed by atoms with Gasteiger partial charge in [-0.05, 0) is 27.6 Å². The second-order valence-corrected chi connectivity index (χ2v) is 5.46. The van der Waals surface area contributed by atoms with E-state index in [1.165, 1.54) is 11.8 Å². The van der Waals surface area contributed by atoms with Crippen molar-refractivity contribution in [1.82, 2.24) is 14.8 Å². The Balaban J connectivity index is 2.28. The van der Waals surface area contributed by atoms with Crippen LogP contribution in [0.15, 0.2) is 27.4 Å².